The van der Waals surface area contributed by atoms with E-state index >= 15 is 0 Å². The number of nitrogens with zero attached hydrogens (tertiary/aromatic N) is 2. The van der Waals surface area contributed by atoms with E-state index in [1.54, 1.807) is 48.4 Å². The van der Waals surface area contributed by atoms with E-state index in [0.29, 0.717) is 18.6 Å². The highest BCUT2D eigenvalue weighted by molar-refractivity contribution is 7.89. The van der Waals surface area contributed by atoms with Gasteiger partial charge in [0.1, 0.15) is 17.6 Å². The predicted octanol–water partition coefficient (Wildman–Crippen LogP) is 7.67. The summed E-state index contributed by atoms with van der Waals surface area (Å²) in [5.74, 6) is 0.0358. The van der Waals surface area contributed by atoms with E-state index in [1.165, 1.54) is 16.4 Å². The van der Waals surface area contributed by atoms with Gasteiger partial charge in [-0.25, -0.2) is 12.8 Å². The SMILES string of the molecule is COc1ccc([C@H]2CCCN(S(=O)(=O)c3ccc(-c4ccccc4)cc3)[C@H](Cc3ccccc3)C(=O)N2Cc2ccc(F)cc2)cc1. The first kappa shape index (κ1) is 32.2. The number of rotatable bonds is 9. The Balaban J connectivity index is 1.41. The topological polar surface area (TPSA) is 66.9 Å². The number of carbonyl (C=O) groups excluding carboxylic acids is 1. The fourth-order valence-electron chi connectivity index (χ4n) is 6.27. The molecule has 1 amide bonds. The standard InChI is InChI=1S/C39H37FN2O4S/c1-46-35-22-16-33(17-23-35)37-13-8-26-42(47(44,45)36-24-18-32(19-25-36)31-11-6-3-7-12-31)38(27-29-9-4-2-5-10-29)39(43)41(37)28-30-14-20-34(40)21-15-30/h2-7,9-12,14-25,37-38H,8,13,26-28H2,1H3/t37-,38-/m1/s1. The summed E-state index contributed by atoms with van der Waals surface area (Å²) in [7, 11) is -2.47. The fourth-order valence-corrected chi connectivity index (χ4v) is 7.89. The Kier molecular flexibility index (Phi) is 9.80. The van der Waals surface area contributed by atoms with Crippen LogP contribution in [-0.4, -0.2) is 43.2 Å². The average molecular weight is 649 g/mol. The van der Waals surface area contributed by atoms with E-state index in [2.05, 4.69) is 0 Å². The Labute approximate surface area is 276 Å². The van der Waals surface area contributed by atoms with E-state index in [0.717, 1.165) is 27.8 Å². The lowest BCUT2D eigenvalue weighted by atomic mass is 9.95. The van der Waals surface area contributed by atoms with Crippen molar-refractivity contribution in [1.29, 1.82) is 0 Å². The molecule has 5 aromatic rings. The maximum Gasteiger partial charge on any atom is 0.243 e. The molecule has 1 heterocycles. The first-order chi connectivity index (χ1) is 22.8. The number of hydrogen-bond acceptors (Lipinski definition) is 4. The third-order valence-corrected chi connectivity index (χ3v) is 10.7. The van der Waals surface area contributed by atoms with Gasteiger partial charge in [-0.05, 0) is 83.5 Å². The summed E-state index contributed by atoms with van der Waals surface area (Å²) >= 11 is 0. The monoisotopic (exact) mass is 648 g/mol. The normalized spacial score (nSPS) is 17.6. The van der Waals surface area contributed by atoms with Crippen LogP contribution in [0.2, 0.25) is 0 Å². The molecule has 0 aromatic heterocycles. The Hall–Kier alpha value is -4.79. The second-order valence-electron chi connectivity index (χ2n) is 11.7. The van der Waals surface area contributed by atoms with Crippen molar-refractivity contribution in [2.24, 2.45) is 0 Å². The number of halogens is 1. The minimum atomic E-state index is -4.08. The summed E-state index contributed by atoms with van der Waals surface area (Å²) in [6.45, 7) is 0.379. The van der Waals surface area contributed by atoms with Crippen molar-refractivity contribution < 1.29 is 22.3 Å². The molecule has 0 saturated carbocycles. The molecule has 240 valence electrons. The van der Waals surface area contributed by atoms with E-state index < -0.39 is 16.1 Å². The molecule has 0 N–H and O–H groups in total. The summed E-state index contributed by atoms with van der Waals surface area (Å²) in [5, 5.41) is 0. The van der Waals surface area contributed by atoms with Crippen molar-refractivity contribution in [1.82, 2.24) is 9.21 Å². The highest BCUT2D eigenvalue weighted by atomic mass is 32.2. The number of carbonyl (C=O) groups is 1. The smallest absolute Gasteiger partial charge is 0.243 e. The first-order valence-electron chi connectivity index (χ1n) is 15.7. The molecule has 0 bridgehead atoms. The van der Waals surface area contributed by atoms with Gasteiger partial charge >= 0.3 is 0 Å². The zero-order valence-electron chi connectivity index (χ0n) is 26.2. The average Bonchev–Trinajstić information content (AvgIpc) is 3.11. The first-order valence-corrected chi connectivity index (χ1v) is 17.2. The van der Waals surface area contributed by atoms with Gasteiger partial charge in [-0.2, -0.15) is 4.31 Å². The van der Waals surface area contributed by atoms with Crippen LogP contribution >= 0.6 is 0 Å². The Morgan fingerprint density at radius 1 is 0.745 bits per heavy atom. The molecule has 8 heteroatoms. The van der Waals surface area contributed by atoms with Crippen molar-refractivity contribution in [2.45, 2.75) is 42.8 Å². The Bertz CT molecular complexity index is 1880. The van der Waals surface area contributed by atoms with Gasteiger partial charge in [-0.15, -0.1) is 0 Å². The Morgan fingerprint density at radius 2 is 1.36 bits per heavy atom. The van der Waals surface area contributed by atoms with Crippen LogP contribution in [0.3, 0.4) is 0 Å². The molecule has 5 aromatic carbocycles. The zero-order chi connectivity index (χ0) is 32.8. The van der Waals surface area contributed by atoms with E-state index in [4.69, 9.17) is 4.74 Å². The van der Waals surface area contributed by atoms with Crippen LogP contribution in [-0.2, 0) is 27.8 Å². The molecule has 1 aliphatic rings. The van der Waals surface area contributed by atoms with Crippen molar-refractivity contribution in [3.63, 3.8) is 0 Å². The van der Waals surface area contributed by atoms with Crippen LogP contribution < -0.4 is 4.74 Å². The zero-order valence-corrected chi connectivity index (χ0v) is 27.0. The van der Waals surface area contributed by atoms with Crippen LogP contribution in [0.1, 0.15) is 35.6 Å². The maximum atomic E-state index is 14.9. The number of ether oxygens (including phenoxy) is 1. The minimum Gasteiger partial charge on any atom is -0.497 e. The fraction of sp³-hybridized carbons (Fsp3) is 0.205. The lowest BCUT2D eigenvalue weighted by Gasteiger charge is -2.41. The van der Waals surface area contributed by atoms with Crippen molar-refractivity contribution in [2.75, 3.05) is 13.7 Å². The van der Waals surface area contributed by atoms with Crippen molar-refractivity contribution in [3.8, 4) is 16.9 Å². The van der Waals surface area contributed by atoms with Gasteiger partial charge < -0.3 is 9.64 Å². The highest BCUT2D eigenvalue weighted by Gasteiger charge is 2.41. The molecule has 0 aliphatic carbocycles. The number of methoxy groups -OCH3 is 1. The third-order valence-electron chi connectivity index (χ3n) is 8.75. The second-order valence-corrected chi connectivity index (χ2v) is 13.6. The molecular weight excluding hydrogens is 612 g/mol. The molecule has 1 fully saturated rings. The van der Waals surface area contributed by atoms with Crippen LogP contribution in [0.15, 0.2) is 138 Å². The lowest BCUT2D eigenvalue weighted by molar-refractivity contribution is -0.140. The van der Waals surface area contributed by atoms with Gasteiger partial charge in [0, 0.05) is 13.1 Å². The molecular formula is C39H37FN2O4S. The molecule has 6 nitrogen and oxygen atoms in total. The number of amides is 1. The van der Waals surface area contributed by atoms with Crippen molar-refractivity contribution in [3.05, 3.63) is 156 Å². The summed E-state index contributed by atoms with van der Waals surface area (Å²) in [6.07, 6.45) is 1.27. The lowest BCUT2D eigenvalue weighted by Crippen LogP contribution is -2.54. The molecule has 0 unspecified atom stereocenters. The van der Waals surface area contributed by atoms with Crippen LogP contribution in [0.5, 0.6) is 5.75 Å². The third kappa shape index (κ3) is 7.29. The summed E-state index contributed by atoms with van der Waals surface area (Å²) < 4.78 is 49.6. The molecule has 2 atom stereocenters. The van der Waals surface area contributed by atoms with Gasteiger partial charge in [0.15, 0.2) is 0 Å². The summed E-state index contributed by atoms with van der Waals surface area (Å²) in [6, 6.07) is 38.5. The minimum absolute atomic E-state index is 0.139. The Morgan fingerprint density at radius 3 is 2.00 bits per heavy atom. The molecule has 0 radical (unpaired) electrons. The summed E-state index contributed by atoms with van der Waals surface area (Å²) in [5.41, 5.74) is 4.42. The van der Waals surface area contributed by atoms with Gasteiger partial charge in [0.25, 0.3) is 0 Å². The maximum absolute atomic E-state index is 14.9. The second kappa shape index (κ2) is 14.3. The van der Waals surface area contributed by atoms with Gasteiger partial charge in [0.2, 0.25) is 15.9 Å². The predicted molar refractivity (Wildman–Crippen MR) is 182 cm³/mol. The molecule has 1 aliphatic heterocycles. The number of benzene rings is 5. The van der Waals surface area contributed by atoms with Gasteiger partial charge in [0.05, 0.1) is 18.0 Å². The van der Waals surface area contributed by atoms with E-state index in [9.17, 15) is 17.6 Å². The molecule has 0 spiro atoms. The van der Waals surface area contributed by atoms with Crippen molar-refractivity contribution >= 4 is 15.9 Å². The quantitative estimate of drug-likeness (QED) is 0.165. The van der Waals surface area contributed by atoms with Gasteiger partial charge in [-0.3, -0.25) is 4.79 Å². The van der Waals surface area contributed by atoms with Crippen LogP contribution in [0.4, 0.5) is 4.39 Å². The summed E-state index contributed by atoms with van der Waals surface area (Å²) in [4.78, 5) is 16.8. The van der Waals surface area contributed by atoms with Gasteiger partial charge in [-0.1, -0.05) is 97.1 Å². The molecule has 47 heavy (non-hydrogen) atoms. The molecule has 6 rings (SSSR count). The van der Waals surface area contributed by atoms with Crippen LogP contribution in [0, 0.1) is 5.82 Å². The molecule has 1 saturated heterocycles. The number of hydrogen-bond donors (Lipinski definition) is 0. The highest BCUT2D eigenvalue weighted by Crippen LogP contribution is 2.35. The van der Waals surface area contributed by atoms with Crippen LogP contribution in [0.25, 0.3) is 11.1 Å². The number of sulfonamides is 1. The largest absolute Gasteiger partial charge is 0.497 e. The van der Waals surface area contributed by atoms with E-state index in [-0.39, 0.29) is 42.2 Å². The van der Waals surface area contributed by atoms with E-state index in [1.807, 2.05) is 84.9 Å².